The highest BCUT2D eigenvalue weighted by atomic mass is 32.2. The van der Waals surface area contributed by atoms with E-state index in [-0.39, 0.29) is 12.3 Å². The van der Waals surface area contributed by atoms with Crippen molar-refractivity contribution in [3.63, 3.8) is 0 Å². The summed E-state index contributed by atoms with van der Waals surface area (Å²) in [7, 11) is -3.52. The first kappa shape index (κ1) is 26.0. The lowest BCUT2D eigenvalue weighted by Gasteiger charge is -2.32. The molecule has 2 heterocycles. The van der Waals surface area contributed by atoms with Crippen molar-refractivity contribution in [3.8, 4) is 0 Å². The average Bonchev–Trinajstić information content (AvgIpc) is 3.22. The van der Waals surface area contributed by atoms with E-state index in [2.05, 4.69) is 0 Å². The van der Waals surface area contributed by atoms with Gasteiger partial charge in [0.15, 0.2) is 16.8 Å². The predicted octanol–water partition coefficient (Wildman–Crippen LogP) is 1.62. The van der Waals surface area contributed by atoms with E-state index in [4.69, 9.17) is 18.9 Å². The van der Waals surface area contributed by atoms with E-state index in [0.29, 0.717) is 0 Å². The minimum Gasteiger partial charge on any atom is -0.468 e. The molecule has 2 fully saturated rings. The molecular formula is C21H28N2O10S. The third-order valence-corrected chi connectivity index (χ3v) is 7.44. The lowest BCUT2D eigenvalue weighted by atomic mass is 10.0. The Hall–Kier alpha value is -2.61. The number of cyclic esters (lactones) is 1. The molecule has 2 aliphatic heterocycles. The summed E-state index contributed by atoms with van der Waals surface area (Å²) in [6, 6.07) is 3.50. The van der Waals surface area contributed by atoms with Crippen LogP contribution in [0.1, 0.15) is 34.1 Å². The third-order valence-electron chi connectivity index (χ3n) is 5.52. The predicted molar refractivity (Wildman–Crippen MR) is 116 cm³/mol. The van der Waals surface area contributed by atoms with Crippen molar-refractivity contribution in [1.82, 2.24) is 4.31 Å². The van der Waals surface area contributed by atoms with Gasteiger partial charge < -0.3 is 18.9 Å². The maximum absolute atomic E-state index is 13.8. The minimum atomic E-state index is -4.64. The molecule has 12 nitrogen and oxygen atoms in total. The summed E-state index contributed by atoms with van der Waals surface area (Å²) in [4.78, 5) is 35.2. The number of para-hydroxylation sites is 1. The molecule has 34 heavy (non-hydrogen) atoms. The maximum atomic E-state index is 13.8. The molecule has 0 amide bonds. The fourth-order valence-electron chi connectivity index (χ4n) is 4.10. The van der Waals surface area contributed by atoms with Crippen molar-refractivity contribution in [1.29, 1.82) is 0 Å². The molecule has 2 saturated heterocycles. The molecule has 2 aliphatic rings. The van der Waals surface area contributed by atoms with Gasteiger partial charge in [0.25, 0.3) is 15.7 Å². The van der Waals surface area contributed by atoms with Gasteiger partial charge in [0.2, 0.25) is 0 Å². The standard InChI is InChI=1S/C21H28N2O10S/c1-12(2)10-14(19(24)30-5)22(34(28,29)16-9-7-6-8-13(16)23(26)27)11-15-17-18(20(25)31-15)33-21(3,4)32-17/h6-9,12,14-15,17-18H,10-11H2,1-5H3/t14-,15+,17+,18+/m0/s1. The van der Waals surface area contributed by atoms with Crippen LogP contribution in [0.3, 0.4) is 0 Å². The topological polar surface area (TPSA) is 152 Å². The first-order chi connectivity index (χ1) is 15.8. The second-order valence-electron chi connectivity index (χ2n) is 8.96. The number of nitrogens with zero attached hydrogens (tertiary/aromatic N) is 2. The highest BCUT2D eigenvalue weighted by Gasteiger charge is 2.57. The van der Waals surface area contributed by atoms with Crippen molar-refractivity contribution in [2.45, 2.75) is 69.2 Å². The van der Waals surface area contributed by atoms with Crippen LogP contribution in [0.5, 0.6) is 0 Å². The van der Waals surface area contributed by atoms with Crippen molar-refractivity contribution in [2.75, 3.05) is 13.7 Å². The van der Waals surface area contributed by atoms with Crippen molar-refractivity contribution >= 4 is 27.6 Å². The molecule has 4 atom stereocenters. The second kappa shape index (κ2) is 9.56. The van der Waals surface area contributed by atoms with Gasteiger partial charge in [-0.25, -0.2) is 13.2 Å². The number of nitro benzene ring substituents is 1. The normalized spacial score (nSPS) is 24.7. The number of carbonyl (C=O) groups excluding carboxylic acids is 2. The minimum absolute atomic E-state index is 0.0597. The lowest BCUT2D eigenvalue weighted by Crippen LogP contribution is -2.51. The highest BCUT2D eigenvalue weighted by molar-refractivity contribution is 7.89. The quantitative estimate of drug-likeness (QED) is 0.278. The Labute approximate surface area is 197 Å². The van der Waals surface area contributed by atoms with Crippen LogP contribution in [0.25, 0.3) is 0 Å². The molecule has 1 aromatic carbocycles. The van der Waals surface area contributed by atoms with Crippen LogP contribution in [-0.2, 0) is 38.6 Å². The zero-order valence-electron chi connectivity index (χ0n) is 19.5. The Bertz CT molecular complexity index is 1070. The molecule has 0 radical (unpaired) electrons. The van der Waals surface area contributed by atoms with Gasteiger partial charge in [-0.05, 0) is 32.3 Å². The Morgan fingerprint density at radius 3 is 2.50 bits per heavy atom. The second-order valence-corrected chi connectivity index (χ2v) is 10.8. The number of ether oxygens (including phenoxy) is 4. The fraction of sp³-hybridized carbons (Fsp3) is 0.619. The molecule has 0 saturated carbocycles. The summed E-state index contributed by atoms with van der Waals surface area (Å²) in [5.41, 5.74) is -0.650. The van der Waals surface area contributed by atoms with Crippen molar-refractivity contribution < 1.29 is 41.9 Å². The molecule has 0 aliphatic carbocycles. The summed E-state index contributed by atoms with van der Waals surface area (Å²) < 4.78 is 49.9. The van der Waals surface area contributed by atoms with Crippen LogP contribution >= 0.6 is 0 Å². The number of carbonyl (C=O) groups is 2. The van der Waals surface area contributed by atoms with Gasteiger partial charge in [-0.2, -0.15) is 4.31 Å². The van der Waals surface area contributed by atoms with Crippen LogP contribution in [0.4, 0.5) is 5.69 Å². The number of methoxy groups -OCH3 is 1. The monoisotopic (exact) mass is 500 g/mol. The Kier molecular flexibility index (Phi) is 7.31. The zero-order chi connectivity index (χ0) is 25.4. The van der Waals surface area contributed by atoms with E-state index in [1.807, 2.05) is 0 Å². The van der Waals surface area contributed by atoms with Crippen LogP contribution in [0.15, 0.2) is 29.2 Å². The van der Waals surface area contributed by atoms with Crippen LogP contribution in [-0.4, -0.2) is 73.4 Å². The maximum Gasteiger partial charge on any atom is 0.338 e. The molecule has 13 heteroatoms. The van der Waals surface area contributed by atoms with E-state index in [0.717, 1.165) is 23.5 Å². The summed E-state index contributed by atoms with van der Waals surface area (Å²) in [5.74, 6) is -2.81. The molecule has 0 aromatic heterocycles. The molecule has 0 N–H and O–H groups in total. The Morgan fingerprint density at radius 2 is 1.91 bits per heavy atom. The smallest absolute Gasteiger partial charge is 0.338 e. The first-order valence-corrected chi connectivity index (χ1v) is 12.1. The number of sulfonamides is 1. The number of hydrogen-bond donors (Lipinski definition) is 0. The van der Waals surface area contributed by atoms with E-state index in [1.165, 1.54) is 12.1 Å². The molecule has 1 aromatic rings. The lowest BCUT2D eigenvalue weighted by molar-refractivity contribution is -0.387. The molecule has 0 bridgehead atoms. The fourth-order valence-corrected chi connectivity index (χ4v) is 5.86. The molecular weight excluding hydrogens is 472 g/mol. The average molecular weight is 501 g/mol. The number of benzene rings is 1. The number of nitro groups is 1. The summed E-state index contributed by atoms with van der Waals surface area (Å²) in [6.07, 6.45) is -3.04. The van der Waals surface area contributed by atoms with Gasteiger partial charge in [0.05, 0.1) is 18.6 Å². The van der Waals surface area contributed by atoms with Crippen LogP contribution in [0, 0.1) is 16.0 Å². The highest BCUT2D eigenvalue weighted by Crippen LogP contribution is 2.38. The number of fused-ring (bicyclic) bond motifs is 1. The van der Waals surface area contributed by atoms with Gasteiger partial charge in [-0.15, -0.1) is 0 Å². The van der Waals surface area contributed by atoms with Gasteiger partial charge in [-0.3, -0.25) is 14.9 Å². The van der Waals surface area contributed by atoms with Gasteiger partial charge in [0.1, 0.15) is 18.2 Å². The van der Waals surface area contributed by atoms with Gasteiger partial charge in [0, 0.05) is 6.07 Å². The Morgan fingerprint density at radius 1 is 1.26 bits per heavy atom. The number of esters is 2. The van der Waals surface area contributed by atoms with Gasteiger partial charge in [-0.1, -0.05) is 26.0 Å². The van der Waals surface area contributed by atoms with Crippen LogP contribution in [0.2, 0.25) is 0 Å². The molecule has 0 spiro atoms. The van der Waals surface area contributed by atoms with E-state index in [1.54, 1.807) is 27.7 Å². The molecule has 3 rings (SSSR count). The van der Waals surface area contributed by atoms with Crippen molar-refractivity contribution in [2.24, 2.45) is 5.92 Å². The van der Waals surface area contributed by atoms with E-state index in [9.17, 15) is 28.1 Å². The largest absolute Gasteiger partial charge is 0.468 e. The SMILES string of the molecule is COC(=O)[C@H](CC(C)C)N(C[C@H]1OC(=O)[C@@H]2OC(C)(C)O[C@H]12)S(=O)(=O)c1ccccc1[N+](=O)[O-]. The van der Waals surface area contributed by atoms with E-state index >= 15 is 0 Å². The zero-order valence-corrected chi connectivity index (χ0v) is 20.3. The summed E-state index contributed by atoms with van der Waals surface area (Å²) in [5, 5.41) is 11.6. The number of rotatable bonds is 9. The first-order valence-electron chi connectivity index (χ1n) is 10.7. The third kappa shape index (κ3) is 5.06. The number of hydrogen-bond acceptors (Lipinski definition) is 10. The van der Waals surface area contributed by atoms with Gasteiger partial charge >= 0.3 is 11.9 Å². The van der Waals surface area contributed by atoms with Crippen LogP contribution < -0.4 is 0 Å². The summed E-state index contributed by atoms with van der Waals surface area (Å²) >= 11 is 0. The van der Waals surface area contributed by atoms with E-state index < -0.39 is 74.2 Å². The molecule has 0 unspecified atom stereocenters. The molecule has 188 valence electrons. The summed E-state index contributed by atoms with van der Waals surface area (Å²) in [6.45, 7) is 6.29. The Balaban J connectivity index is 2.09. The van der Waals surface area contributed by atoms with Crippen molar-refractivity contribution in [3.05, 3.63) is 34.4 Å².